The molecule has 0 aliphatic carbocycles. The Labute approximate surface area is 111 Å². The largest absolute Gasteiger partial charge is 0.457 e. The van der Waals surface area contributed by atoms with E-state index in [-0.39, 0.29) is 5.91 Å². The number of nitrogens with one attached hydrogen (secondary N) is 1. The minimum absolute atomic E-state index is 0.193. The summed E-state index contributed by atoms with van der Waals surface area (Å²) in [6.45, 7) is 2.15. The molecule has 0 fully saturated rings. The number of para-hydroxylation sites is 1. The van der Waals surface area contributed by atoms with Crippen molar-refractivity contribution >= 4 is 23.0 Å². The van der Waals surface area contributed by atoms with Crippen LogP contribution in [0.15, 0.2) is 40.8 Å². The van der Waals surface area contributed by atoms with E-state index in [0.717, 1.165) is 11.0 Å². The van der Waals surface area contributed by atoms with E-state index in [0.29, 0.717) is 18.7 Å². The lowest BCUT2D eigenvalue weighted by Gasteiger charge is -2.03. The molecule has 4 heteroatoms. The van der Waals surface area contributed by atoms with Gasteiger partial charge in [0.15, 0.2) is 0 Å². The molecule has 0 saturated heterocycles. The van der Waals surface area contributed by atoms with Gasteiger partial charge in [0.25, 0.3) is 0 Å². The first-order valence-electron chi connectivity index (χ1n) is 6.28. The van der Waals surface area contributed by atoms with Gasteiger partial charge in [0.2, 0.25) is 5.91 Å². The van der Waals surface area contributed by atoms with Crippen LogP contribution in [0.25, 0.3) is 17.0 Å². The number of carbonyl (C=O) groups excluding carboxylic acids is 1. The zero-order valence-electron chi connectivity index (χ0n) is 10.8. The second kappa shape index (κ2) is 6.20. The van der Waals surface area contributed by atoms with Crippen molar-refractivity contribution in [2.24, 2.45) is 0 Å². The van der Waals surface area contributed by atoms with Crippen LogP contribution in [0.5, 0.6) is 0 Å². The predicted molar refractivity (Wildman–Crippen MR) is 74.6 cm³/mol. The Hall–Kier alpha value is -2.07. The summed E-state index contributed by atoms with van der Waals surface area (Å²) >= 11 is 0. The van der Waals surface area contributed by atoms with E-state index < -0.39 is 6.10 Å². The fourth-order valence-corrected chi connectivity index (χ4v) is 1.71. The number of benzene rings is 1. The SMILES string of the molecule is CC(O)CCNC(=O)C=Cc1cc2ccccc2o1. The Kier molecular flexibility index (Phi) is 4.36. The van der Waals surface area contributed by atoms with Crippen molar-refractivity contribution in [1.82, 2.24) is 5.32 Å². The van der Waals surface area contributed by atoms with Crippen molar-refractivity contribution in [2.45, 2.75) is 19.4 Å². The van der Waals surface area contributed by atoms with Crippen LogP contribution in [0.4, 0.5) is 0 Å². The summed E-state index contributed by atoms with van der Waals surface area (Å²) in [5.74, 6) is 0.452. The second-order valence-corrected chi connectivity index (χ2v) is 4.45. The number of aliphatic hydroxyl groups is 1. The van der Waals surface area contributed by atoms with Gasteiger partial charge in [-0.15, -0.1) is 0 Å². The van der Waals surface area contributed by atoms with E-state index in [2.05, 4.69) is 5.32 Å². The van der Waals surface area contributed by atoms with Crippen LogP contribution in [0.3, 0.4) is 0 Å². The van der Waals surface area contributed by atoms with Gasteiger partial charge in [0.1, 0.15) is 11.3 Å². The first-order valence-corrected chi connectivity index (χ1v) is 6.28. The summed E-state index contributed by atoms with van der Waals surface area (Å²) in [6.07, 6.45) is 3.21. The number of furan rings is 1. The highest BCUT2D eigenvalue weighted by molar-refractivity contribution is 5.92. The highest BCUT2D eigenvalue weighted by Crippen LogP contribution is 2.19. The molecule has 1 heterocycles. The van der Waals surface area contributed by atoms with Crippen LogP contribution in [0, 0.1) is 0 Å². The van der Waals surface area contributed by atoms with Gasteiger partial charge in [0.05, 0.1) is 6.10 Å². The molecule has 2 aromatic rings. The molecule has 100 valence electrons. The Balaban J connectivity index is 1.92. The zero-order chi connectivity index (χ0) is 13.7. The molecule has 1 amide bonds. The highest BCUT2D eigenvalue weighted by atomic mass is 16.3. The van der Waals surface area contributed by atoms with Crippen molar-refractivity contribution in [3.63, 3.8) is 0 Å². The molecule has 0 spiro atoms. The molecule has 2 N–H and O–H groups in total. The van der Waals surface area contributed by atoms with Gasteiger partial charge in [0, 0.05) is 18.0 Å². The van der Waals surface area contributed by atoms with E-state index in [4.69, 9.17) is 9.52 Å². The quantitative estimate of drug-likeness (QED) is 0.810. The third kappa shape index (κ3) is 3.96. The Morgan fingerprint density at radius 1 is 1.47 bits per heavy atom. The number of amides is 1. The second-order valence-electron chi connectivity index (χ2n) is 4.45. The van der Waals surface area contributed by atoms with Crippen molar-refractivity contribution in [3.05, 3.63) is 42.2 Å². The van der Waals surface area contributed by atoms with Gasteiger partial charge in [-0.1, -0.05) is 18.2 Å². The summed E-state index contributed by atoms with van der Waals surface area (Å²) in [4.78, 5) is 11.5. The molecule has 0 radical (unpaired) electrons. The minimum Gasteiger partial charge on any atom is -0.457 e. The van der Waals surface area contributed by atoms with Crippen molar-refractivity contribution < 1.29 is 14.3 Å². The maximum Gasteiger partial charge on any atom is 0.244 e. The number of fused-ring (bicyclic) bond motifs is 1. The number of aliphatic hydroxyl groups excluding tert-OH is 1. The molecule has 4 nitrogen and oxygen atoms in total. The molecule has 1 atom stereocenters. The van der Waals surface area contributed by atoms with Crippen molar-refractivity contribution in [3.8, 4) is 0 Å². The van der Waals surface area contributed by atoms with Gasteiger partial charge in [-0.2, -0.15) is 0 Å². The Morgan fingerprint density at radius 3 is 3.00 bits per heavy atom. The molecule has 19 heavy (non-hydrogen) atoms. The number of hydrogen-bond acceptors (Lipinski definition) is 3. The van der Waals surface area contributed by atoms with E-state index >= 15 is 0 Å². The van der Waals surface area contributed by atoms with Crippen LogP contribution in [-0.2, 0) is 4.79 Å². The molecule has 0 aliphatic rings. The van der Waals surface area contributed by atoms with Gasteiger partial charge < -0.3 is 14.8 Å². The lowest BCUT2D eigenvalue weighted by Crippen LogP contribution is -2.24. The maximum absolute atomic E-state index is 11.5. The van der Waals surface area contributed by atoms with Crippen LogP contribution >= 0.6 is 0 Å². The van der Waals surface area contributed by atoms with Gasteiger partial charge >= 0.3 is 0 Å². The Bertz CT molecular complexity index is 551. The maximum atomic E-state index is 11.5. The third-order valence-corrected chi connectivity index (χ3v) is 2.70. The van der Waals surface area contributed by atoms with E-state index in [9.17, 15) is 4.79 Å². The summed E-state index contributed by atoms with van der Waals surface area (Å²) in [6, 6.07) is 9.57. The number of carbonyl (C=O) groups is 1. The van der Waals surface area contributed by atoms with Crippen LogP contribution in [0.2, 0.25) is 0 Å². The standard InChI is InChI=1S/C15H17NO3/c1-11(17)8-9-16-15(18)7-6-13-10-12-4-2-3-5-14(12)19-13/h2-7,10-11,17H,8-9H2,1H3,(H,16,18). The molecule has 0 aliphatic heterocycles. The number of rotatable bonds is 5. The summed E-state index contributed by atoms with van der Waals surface area (Å²) in [5, 5.41) is 12.8. The van der Waals surface area contributed by atoms with E-state index in [1.165, 1.54) is 6.08 Å². The van der Waals surface area contributed by atoms with Crippen LogP contribution < -0.4 is 5.32 Å². The molecular formula is C15H17NO3. The Morgan fingerprint density at radius 2 is 2.26 bits per heavy atom. The average Bonchev–Trinajstić information content (AvgIpc) is 2.78. The van der Waals surface area contributed by atoms with Crippen LogP contribution in [0.1, 0.15) is 19.1 Å². The van der Waals surface area contributed by atoms with Crippen molar-refractivity contribution in [1.29, 1.82) is 0 Å². The molecule has 0 bridgehead atoms. The summed E-state index contributed by atoms with van der Waals surface area (Å²) in [7, 11) is 0. The third-order valence-electron chi connectivity index (χ3n) is 2.70. The number of hydrogen-bond donors (Lipinski definition) is 2. The normalized spacial score (nSPS) is 12.9. The van der Waals surface area contributed by atoms with E-state index in [1.807, 2.05) is 30.3 Å². The fourth-order valence-electron chi connectivity index (χ4n) is 1.71. The molecular weight excluding hydrogens is 242 g/mol. The minimum atomic E-state index is -0.403. The molecule has 0 saturated carbocycles. The summed E-state index contributed by atoms with van der Waals surface area (Å²) in [5.41, 5.74) is 0.802. The van der Waals surface area contributed by atoms with Crippen molar-refractivity contribution in [2.75, 3.05) is 6.54 Å². The van der Waals surface area contributed by atoms with Gasteiger partial charge in [-0.05, 0) is 31.6 Å². The topological polar surface area (TPSA) is 62.5 Å². The smallest absolute Gasteiger partial charge is 0.244 e. The lowest BCUT2D eigenvalue weighted by atomic mass is 10.2. The first-order chi connectivity index (χ1) is 9.15. The molecule has 1 aromatic carbocycles. The monoisotopic (exact) mass is 259 g/mol. The molecule has 1 aromatic heterocycles. The first kappa shape index (κ1) is 13.4. The lowest BCUT2D eigenvalue weighted by molar-refractivity contribution is -0.116. The van der Waals surface area contributed by atoms with Gasteiger partial charge in [-0.25, -0.2) is 0 Å². The average molecular weight is 259 g/mol. The summed E-state index contributed by atoms with van der Waals surface area (Å²) < 4.78 is 5.55. The highest BCUT2D eigenvalue weighted by Gasteiger charge is 2.01. The van der Waals surface area contributed by atoms with Gasteiger partial charge in [-0.3, -0.25) is 4.79 Å². The fraction of sp³-hybridized carbons (Fsp3) is 0.267. The van der Waals surface area contributed by atoms with E-state index in [1.54, 1.807) is 13.0 Å². The van der Waals surface area contributed by atoms with Crippen LogP contribution in [-0.4, -0.2) is 23.7 Å². The molecule has 2 rings (SSSR count). The predicted octanol–water partition coefficient (Wildman–Crippen LogP) is 2.33. The molecule has 1 unspecified atom stereocenters. The zero-order valence-corrected chi connectivity index (χ0v) is 10.8.